The zero-order valence-corrected chi connectivity index (χ0v) is 17.5. The minimum atomic E-state index is -0.375. The molecule has 1 amide bonds. The molecule has 0 saturated carbocycles. The number of nitrogens with zero attached hydrogens (tertiary/aromatic N) is 4. The Balaban J connectivity index is 1.60. The molecule has 0 saturated heterocycles. The number of ether oxygens (including phenoxy) is 1. The number of carbonyl (C=O) groups is 1. The normalized spacial score (nSPS) is 10.9. The number of anilines is 1. The van der Waals surface area contributed by atoms with Crippen molar-refractivity contribution in [3.63, 3.8) is 0 Å². The Kier molecular flexibility index (Phi) is 6.85. The zero-order chi connectivity index (χ0) is 20.8. The van der Waals surface area contributed by atoms with Crippen molar-refractivity contribution < 1.29 is 9.53 Å². The van der Waals surface area contributed by atoms with Crippen LogP contribution in [0.4, 0.5) is 5.69 Å². The molecule has 1 heterocycles. The van der Waals surface area contributed by atoms with Crippen LogP contribution in [0, 0.1) is 6.92 Å². The van der Waals surface area contributed by atoms with E-state index in [1.54, 1.807) is 35.9 Å². The highest BCUT2D eigenvalue weighted by atomic mass is 35.5. The first kappa shape index (κ1) is 20.8. The van der Waals surface area contributed by atoms with Crippen LogP contribution in [0.25, 0.3) is 5.69 Å². The van der Waals surface area contributed by atoms with Gasteiger partial charge in [0.25, 0.3) is 5.91 Å². The molecule has 0 atom stereocenters. The first-order valence-corrected chi connectivity index (χ1v) is 9.69. The van der Waals surface area contributed by atoms with Crippen LogP contribution >= 0.6 is 11.6 Å². The smallest absolute Gasteiger partial charge is 0.295 e. The average Bonchev–Trinajstić information content (AvgIpc) is 3.09. The maximum Gasteiger partial charge on any atom is 0.295 e. The predicted octanol–water partition coefficient (Wildman–Crippen LogP) is 3.81. The summed E-state index contributed by atoms with van der Waals surface area (Å²) in [5.41, 5.74) is 1.44. The number of nitrogens with one attached hydrogen (secondary N) is 1. The molecular weight excluding hydrogens is 390 g/mol. The molecule has 0 aliphatic heterocycles. The number of aromatic nitrogens is 3. The molecule has 29 heavy (non-hydrogen) atoms. The average molecular weight is 414 g/mol. The van der Waals surface area contributed by atoms with Gasteiger partial charge in [0.1, 0.15) is 11.6 Å². The summed E-state index contributed by atoms with van der Waals surface area (Å²) in [7, 11) is 4.07. The summed E-state index contributed by atoms with van der Waals surface area (Å²) in [6.45, 7) is 3.42. The molecule has 3 aromatic rings. The van der Waals surface area contributed by atoms with Crippen molar-refractivity contribution in [2.75, 3.05) is 32.6 Å². The number of hydrogen-bond donors (Lipinski definition) is 1. The maximum absolute atomic E-state index is 12.5. The molecule has 7 nitrogen and oxygen atoms in total. The van der Waals surface area contributed by atoms with E-state index in [0.717, 1.165) is 24.4 Å². The van der Waals surface area contributed by atoms with Crippen molar-refractivity contribution in [1.82, 2.24) is 19.7 Å². The van der Waals surface area contributed by atoms with E-state index in [4.69, 9.17) is 16.3 Å². The van der Waals surface area contributed by atoms with Gasteiger partial charge in [0, 0.05) is 17.3 Å². The van der Waals surface area contributed by atoms with Crippen LogP contribution in [0.3, 0.4) is 0 Å². The van der Waals surface area contributed by atoms with Gasteiger partial charge in [-0.1, -0.05) is 11.6 Å². The van der Waals surface area contributed by atoms with E-state index in [9.17, 15) is 4.79 Å². The summed E-state index contributed by atoms with van der Waals surface area (Å²) in [5.74, 6) is 1.10. The SMILES string of the molecule is Cc1nc(C(=O)Nc2ccc(OCCCN(C)C)cc2)nn1-c1ccc(Cl)cc1. The zero-order valence-electron chi connectivity index (χ0n) is 16.7. The molecule has 0 spiro atoms. The highest BCUT2D eigenvalue weighted by Gasteiger charge is 2.15. The van der Waals surface area contributed by atoms with Crippen LogP contribution in [0.2, 0.25) is 5.02 Å². The summed E-state index contributed by atoms with van der Waals surface area (Å²) in [6.07, 6.45) is 0.951. The lowest BCUT2D eigenvalue weighted by Gasteiger charge is -2.10. The second kappa shape index (κ2) is 9.54. The number of hydrogen-bond acceptors (Lipinski definition) is 5. The van der Waals surface area contributed by atoms with Crippen molar-refractivity contribution in [3.8, 4) is 11.4 Å². The Bertz CT molecular complexity index is 952. The third-order valence-corrected chi connectivity index (χ3v) is 4.43. The predicted molar refractivity (Wildman–Crippen MR) is 114 cm³/mol. The second-order valence-electron chi connectivity index (χ2n) is 6.85. The van der Waals surface area contributed by atoms with E-state index < -0.39 is 0 Å². The van der Waals surface area contributed by atoms with Crippen LogP contribution in [-0.2, 0) is 0 Å². The second-order valence-corrected chi connectivity index (χ2v) is 7.29. The molecule has 8 heteroatoms. The number of carbonyl (C=O) groups excluding carboxylic acids is 1. The molecule has 0 bridgehead atoms. The number of aryl methyl sites for hydroxylation is 1. The number of rotatable bonds is 8. The Morgan fingerprint density at radius 3 is 2.48 bits per heavy atom. The van der Waals surface area contributed by atoms with Crippen LogP contribution in [-0.4, -0.2) is 52.8 Å². The fourth-order valence-corrected chi connectivity index (χ4v) is 2.83. The van der Waals surface area contributed by atoms with Crippen molar-refractivity contribution in [2.45, 2.75) is 13.3 Å². The van der Waals surface area contributed by atoms with Gasteiger partial charge in [-0.15, -0.1) is 5.10 Å². The molecule has 152 valence electrons. The van der Waals surface area contributed by atoms with Crippen LogP contribution in [0.1, 0.15) is 22.9 Å². The van der Waals surface area contributed by atoms with E-state index in [2.05, 4.69) is 20.3 Å². The lowest BCUT2D eigenvalue weighted by atomic mass is 10.3. The van der Waals surface area contributed by atoms with E-state index in [0.29, 0.717) is 23.1 Å². The van der Waals surface area contributed by atoms with Crippen molar-refractivity contribution in [2.24, 2.45) is 0 Å². The number of halogens is 1. The van der Waals surface area contributed by atoms with Gasteiger partial charge in [-0.2, -0.15) is 0 Å². The van der Waals surface area contributed by atoms with Gasteiger partial charge in [0.2, 0.25) is 5.82 Å². The van der Waals surface area contributed by atoms with E-state index in [1.165, 1.54) is 0 Å². The van der Waals surface area contributed by atoms with Crippen LogP contribution < -0.4 is 10.1 Å². The molecule has 0 unspecified atom stereocenters. The fourth-order valence-electron chi connectivity index (χ4n) is 2.71. The Labute approximate surface area is 175 Å². The fraction of sp³-hybridized carbons (Fsp3) is 0.286. The third kappa shape index (κ3) is 5.79. The van der Waals surface area contributed by atoms with Crippen molar-refractivity contribution >= 4 is 23.2 Å². The summed E-state index contributed by atoms with van der Waals surface area (Å²) < 4.78 is 7.31. The summed E-state index contributed by atoms with van der Waals surface area (Å²) in [6, 6.07) is 14.4. The Morgan fingerprint density at radius 2 is 1.83 bits per heavy atom. The van der Waals surface area contributed by atoms with Gasteiger partial charge in [-0.05, 0) is 76.0 Å². The molecule has 0 fully saturated rings. The first-order valence-electron chi connectivity index (χ1n) is 9.31. The van der Waals surface area contributed by atoms with Gasteiger partial charge < -0.3 is 15.0 Å². The van der Waals surface area contributed by atoms with Gasteiger partial charge in [-0.3, -0.25) is 4.79 Å². The molecule has 0 aliphatic rings. The Morgan fingerprint density at radius 1 is 1.14 bits per heavy atom. The minimum absolute atomic E-state index is 0.0986. The largest absolute Gasteiger partial charge is 0.494 e. The molecule has 2 aromatic carbocycles. The van der Waals surface area contributed by atoms with E-state index in [-0.39, 0.29) is 11.7 Å². The maximum atomic E-state index is 12.5. The van der Waals surface area contributed by atoms with Crippen molar-refractivity contribution in [3.05, 3.63) is 65.2 Å². The van der Waals surface area contributed by atoms with Crippen molar-refractivity contribution in [1.29, 1.82) is 0 Å². The van der Waals surface area contributed by atoms with E-state index >= 15 is 0 Å². The standard InChI is InChI=1S/C21H24ClN5O2/c1-15-23-20(25-27(15)18-9-5-16(22)6-10-18)21(28)24-17-7-11-19(12-8-17)29-14-4-13-26(2)3/h5-12H,4,13-14H2,1-3H3,(H,24,28). The first-order chi connectivity index (χ1) is 13.9. The van der Waals surface area contributed by atoms with Gasteiger partial charge in [0.15, 0.2) is 0 Å². The highest BCUT2D eigenvalue weighted by Crippen LogP contribution is 2.17. The van der Waals surface area contributed by atoms with E-state index in [1.807, 2.05) is 38.4 Å². The van der Waals surface area contributed by atoms with Gasteiger partial charge in [-0.25, -0.2) is 9.67 Å². The molecule has 1 N–H and O–H groups in total. The summed E-state index contributed by atoms with van der Waals surface area (Å²) in [4.78, 5) is 18.9. The topological polar surface area (TPSA) is 72.3 Å². The quantitative estimate of drug-likeness (QED) is 0.568. The van der Waals surface area contributed by atoms with Crippen LogP contribution in [0.5, 0.6) is 5.75 Å². The van der Waals surface area contributed by atoms with Gasteiger partial charge >= 0.3 is 0 Å². The molecule has 0 aliphatic carbocycles. The summed E-state index contributed by atoms with van der Waals surface area (Å²) in [5, 5.41) is 7.75. The molecule has 1 aromatic heterocycles. The van der Waals surface area contributed by atoms with Gasteiger partial charge in [0.05, 0.1) is 12.3 Å². The lowest BCUT2D eigenvalue weighted by molar-refractivity contribution is 0.101. The lowest BCUT2D eigenvalue weighted by Crippen LogP contribution is -2.15. The highest BCUT2D eigenvalue weighted by molar-refractivity contribution is 6.30. The molecule has 3 rings (SSSR count). The number of amides is 1. The Hall–Kier alpha value is -2.90. The molecular formula is C21H24ClN5O2. The van der Waals surface area contributed by atoms with Crippen LogP contribution in [0.15, 0.2) is 48.5 Å². The molecule has 0 radical (unpaired) electrons. The third-order valence-electron chi connectivity index (χ3n) is 4.17. The number of benzene rings is 2. The monoisotopic (exact) mass is 413 g/mol. The summed E-state index contributed by atoms with van der Waals surface area (Å²) >= 11 is 5.92. The minimum Gasteiger partial charge on any atom is -0.494 e.